The van der Waals surface area contributed by atoms with Crippen molar-refractivity contribution in [2.75, 3.05) is 7.11 Å². The largest absolute Gasteiger partial charge is 0.503 e. The molecule has 0 aliphatic heterocycles. The maximum Gasteiger partial charge on any atom is 0.244 e. The molecule has 1 amide bonds. The summed E-state index contributed by atoms with van der Waals surface area (Å²) < 4.78 is 5.61. The number of nitrogens with zero attached hydrogens (tertiary/aromatic N) is 1. The Morgan fingerprint density at radius 3 is 2.96 bits per heavy atom. The summed E-state index contributed by atoms with van der Waals surface area (Å²) in [6, 6.07) is 3.37. The molecule has 2 aliphatic rings. The number of rotatable bonds is 4. The lowest BCUT2D eigenvalue weighted by Gasteiger charge is -2.15. The van der Waals surface area contributed by atoms with E-state index in [1.165, 1.54) is 20.0 Å². The molecule has 0 unspecified atom stereocenters. The maximum atomic E-state index is 12.3. The molecule has 2 saturated carbocycles. The fraction of sp³-hybridized carbons (Fsp3) is 0.529. The van der Waals surface area contributed by atoms with E-state index in [9.17, 15) is 9.90 Å². The van der Waals surface area contributed by atoms with E-state index in [4.69, 9.17) is 4.74 Å². The number of nitrogens with one attached hydrogen (secondary N) is 1. The van der Waals surface area contributed by atoms with Crippen LogP contribution in [0.25, 0.3) is 0 Å². The van der Waals surface area contributed by atoms with Gasteiger partial charge < -0.3 is 9.84 Å². The van der Waals surface area contributed by atoms with Crippen LogP contribution in [0.1, 0.15) is 38.2 Å². The molecule has 2 fully saturated rings. The number of hydrogen-bond acceptors (Lipinski definition) is 4. The van der Waals surface area contributed by atoms with Gasteiger partial charge in [0.05, 0.1) is 17.8 Å². The van der Waals surface area contributed by atoms with E-state index in [2.05, 4.69) is 33.4 Å². The molecule has 1 aromatic rings. The molecule has 5 nitrogen and oxygen atoms in total. The molecule has 2 N–H and O–H groups in total. The van der Waals surface area contributed by atoms with Crippen molar-refractivity contribution in [3.8, 4) is 11.5 Å². The summed E-state index contributed by atoms with van der Waals surface area (Å²) in [7, 11) is 1.49. The number of amides is 1. The van der Waals surface area contributed by atoms with Crippen LogP contribution in [0.5, 0.6) is 11.5 Å². The van der Waals surface area contributed by atoms with Crippen molar-refractivity contribution in [3.05, 3.63) is 22.2 Å². The number of hydrogen-bond donors (Lipinski definition) is 2. The SMILES string of the molecule is COc1cc(/C=N\NC(=O)[C@H]2[C@H]3CCCC[C@@]32C)cc(Br)c1O. The molecule has 124 valence electrons. The van der Waals surface area contributed by atoms with Crippen molar-refractivity contribution in [2.24, 2.45) is 22.4 Å². The smallest absolute Gasteiger partial charge is 0.244 e. The van der Waals surface area contributed by atoms with Gasteiger partial charge in [-0.25, -0.2) is 5.43 Å². The first kappa shape index (κ1) is 16.3. The van der Waals surface area contributed by atoms with Crippen molar-refractivity contribution in [1.29, 1.82) is 0 Å². The first-order chi connectivity index (χ1) is 11.0. The lowest BCUT2D eigenvalue weighted by molar-refractivity contribution is -0.123. The van der Waals surface area contributed by atoms with E-state index < -0.39 is 0 Å². The first-order valence-corrected chi connectivity index (χ1v) is 8.66. The molecule has 0 spiro atoms. The summed E-state index contributed by atoms with van der Waals surface area (Å²) in [6.45, 7) is 2.22. The average molecular weight is 381 g/mol. The Morgan fingerprint density at radius 1 is 1.52 bits per heavy atom. The van der Waals surface area contributed by atoms with Crippen LogP contribution < -0.4 is 10.2 Å². The van der Waals surface area contributed by atoms with Crippen molar-refractivity contribution >= 4 is 28.1 Å². The van der Waals surface area contributed by atoms with Gasteiger partial charge in [0.15, 0.2) is 11.5 Å². The van der Waals surface area contributed by atoms with Crippen LogP contribution in [-0.4, -0.2) is 24.3 Å². The molecule has 23 heavy (non-hydrogen) atoms. The summed E-state index contributed by atoms with van der Waals surface area (Å²) in [5.41, 5.74) is 3.57. The molecule has 0 heterocycles. The fourth-order valence-corrected chi connectivity index (χ4v) is 4.37. The average Bonchev–Trinajstić information content (AvgIpc) is 3.16. The minimum absolute atomic E-state index is 0.0143. The van der Waals surface area contributed by atoms with E-state index in [0.717, 1.165) is 18.4 Å². The van der Waals surface area contributed by atoms with E-state index in [1.807, 2.05) is 0 Å². The number of aromatic hydroxyl groups is 1. The number of benzene rings is 1. The van der Waals surface area contributed by atoms with Crippen LogP contribution in [0, 0.1) is 17.3 Å². The Morgan fingerprint density at radius 2 is 2.30 bits per heavy atom. The summed E-state index contributed by atoms with van der Waals surface area (Å²) in [4.78, 5) is 12.3. The summed E-state index contributed by atoms with van der Waals surface area (Å²) >= 11 is 3.26. The first-order valence-electron chi connectivity index (χ1n) is 7.87. The number of hydrazone groups is 1. The molecule has 3 rings (SSSR count). The van der Waals surface area contributed by atoms with Gasteiger partial charge in [-0.15, -0.1) is 0 Å². The van der Waals surface area contributed by atoms with Crippen LogP contribution >= 0.6 is 15.9 Å². The van der Waals surface area contributed by atoms with Crippen LogP contribution in [-0.2, 0) is 4.79 Å². The van der Waals surface area contributed by atoms with Gasteiger partial charge >= 0.3 is 0 Å². The number of methoxy groups -OCH3 is 1. The third-order valence-electron chi connectivity index (χ3n) is 5.27. The van der Waals surface area contributed by atoms with Gasteiger partial charge in [-0.2, -0.15) is 5.10 Å². The molecular weight excluding hydrogens is 360 g/mol. The zero-order valence-corrected chi connectivity index (χ0v) is 14.9. The Hall–Kier alpha value is -1.56. The van der Waals surface area contributed by atoms with E-state index in [0.29, 0.717) is 16.1 Å². The molecule has 6 heteroatoms. The van der Waals surface area contributed by atoms with Crippen LogP contribution in [0.4, 0.5) is 0 Å². The zero-order valence-electron chi connectivity index (χ0n) is 13.3. The van der Waals surface area contributed by atoms with Gasteiger partial charge in [-0.05, 0) is 57.8 Å². The number of halogens is 1. The fourth-order valence-electron chi connectivity index (χ4n) is 3.91. The van der Waals surface area contributed by atoms with Crippen molar-refractivity contribution in [2.45, 2.75) is 32.6 Å². The van der Waals surface area contributed by atoms with Gasteiger partial charge in [0.1, 0.15) is 0 Å². The van der Waals surface area contributed by atoms with Gasteiger partial charge in [0.2, 0.25) is 5.91 Å². The second-order valence-electron chi connectivity index (χ2n) is 6.62. The second kappa shape index (κ2) is 6.15. The summed E-state index contributed by atoms with van der Waals surface area (Å²) in [5, 5.41) is 13.8. The molecule has 3 atom stereocenters. The minimum Gasteiger partial charge on any atom is -0.503 e. The van der Waals surface area contributed by atoms with Crippen molar-refractivity contribution < 1.29 is 14.6 Å². The van der Waals surface area contributed by atoms with Gasteiger partial charge in [-0.1, -0.05) is 19.8 Å². The third kappa shape index (κ3) is 2.96. The van der Waals surface area contributed by atoms with Crippen LogP contribution in [0.15, 0.2) is 21.7 Å². The maximum absolute atomic E-state index is 12.3. The summed E-state index contributed by atoms with van der Waals surface area (Å²) in [6.07, 6.45) is 6.30. The molecule has 0 saturated heterocycles. The highest BCUT2D eigenvalue weighted by Gasteiger charge is 2.64. The third-order valence-corrected chi connectivity index (χ3v) is 5.88. The lowest BCUT2D eigenvalue weighted by Crippen LogP contribution is -2.22. The van der Waals surface area contributed by atoms with Crippen LogP contribution in [0.2, 0.25) is 0 Å². The number of fused-ring (bicyclic) bond motifs is 1. The molecule has 0 radical (unpaired) electrons. The Kier molecular flexibility index (Phi) is 4.36. The normalized spacial score (nSPS) is 29.2. The monoisotopic (exact) mass is 380 g/mol. The van der Waals surface area contributed by atoms with Crippen LogP contribution in [0.3, 0.4) is 0 Å². The Bertz CT molecular complexity index is 661. The lowest BCUT2D eigenvalue weighted by atomic mass is 9.90. The van der Waals surface area contributed by atoms with E-state index >= 15 is 0 Å². The van der Waals surface area contributed by atoms with E-state index in [-0.39, 0.29) is 23.0 Å². The van der Waals surface area contributed by atoms with Crippen molar-refractivity contribution in [1.82, 2.24) is 5.43 Å². The number of carbonyl (C=O) groups excluding carboxylic acids is 1. The Balaban J connectivity index is 1.63. The molecule has 1 aromatic carbocycles. The Labute approximate surface area is 144 Å². The number of carbonyl (C=O) groups is 1. The summed E-state index contributed by atoms with van der Waals surface area (Å²) in [5.74, 6) is 1.04. The van der Waals surface area contributed by atoms with Gasteiger partial charge in [0, 0.05) is 5.92 Å². The molecule has 0 aromatic heterocycles. The minimum atomic E-state index is 0.0143. The highest BCUT2D eigenvalue weighted by Crippen LogP contribution is 2.66. The predicted octanol–water partition coefficient (Wildman–Crippen LogP) is 3.44. The molecule has 2 aliphatic carbocycles. The molecular formula is C17H21BrN2O3. The highest BCUT2D eigenvalue weighted by molar-refractivity contribution is 9.10. The van der Waals surface area contributed by atoms with Gasteiger partial charge in [-0.3, -0.25) is 4.79 Å². The topological polar surface area (TPSA) is 70.9 Å². The zero-order chi connectivity index (χ0) is 16.6. The van der Waals surface area contributed by atoms with Crippen molar-refractivity contribution in [3.63, 3.8) is 0 Å². The molecule has 0 bridgehead atoms. The standard InChI is InChI=1S/C17H21BrN2O3/c1-17-6-4-3-5-11(17)14(17)16(22)20-19-9-10-7-12(18)15(21)13(8-10)23-2/h7-9,11,14,21H,3-6H2,1-2H3,(H,20,22)/b19-9-/t11-,14-,17+/m1/s1. The highest BCUT2D eigenvalue weighted by atomic mass is 79.9. The second-order valence-corrected chi connectivity index (χ2v) is 7.48. The number of phenols is 1. The number of ether oxygens (including phenoxy) is 1. The van der Waals surface area contributed by atoms with E-state index in [1.54, 1.807) is 18.3 Å². The van der Waals surface area contributed by atoms with Gasteiger partial charge in [0.25, 0.3) is 0 Å². The predicted molar refractivity (Wildman–Crippen MR) is 91.7 cm³/mol. The quantitative estimate of drug-likeness (QED) is 0.620. The number of phenolic OH excluding ortho intramolecular Hbond substituents is 1.